The minimum atomic E-state index is -0.851. The van der Waals surface area contributed by atoms with Crippen molar-refractivity contribution in [2.45, 2.75) is 38.7 Å². The molecule has 0 spiro atoms. The van der Waals surface area contributed by atoms with Gasteiger partial charge >= 0.3 is 5.97 Å². The summed E-state index contributed by atoms with van der Waals surface area (Å²) in [6.07, 6.45) is 2.79. The Morgan fingerprint density at radius 2 is 2.17 bits per heavy atom. The first-order chi connectivity index (χ1) is 5.66. The van der Waals surface area contributed by atoms with Crippen molar-refractivity contribution in [2.24, 2.45) is 11.8 Å². The maximum Gasteiger partial charge on any atom is 0.309 e. The van der Waals surface area contributed by atoms with Gasteiger partial charge in [-0.05, 0) is 25.2 Å². The third-order valence-electron chi connectivity index (χ3n) is 2.43. The lowest BCUT2D eigenvalue weighted by Crippen LogP contribution is -2.29. The van der Waals surface area contributed by atoms with Crippen LogP contribution in [0.3, 0.4) is 0 Å². The zero-order chi connectivity index (χ0) is 9.14. The van der Waals surface area contributed by atoms with Gasteiger partial charge in [0.15, 0.2) is 0 Å². The molecule has 0 aromatic carbocycles. The van der Waals surface area contributed by atoms with E-state index in [1.165, 1.54) is 0 Å². The van der Waals surface area contributed by atoms with Crippen LogP contribution >= 0.6 is 0 Å². The molecule has 0 heterocycles. The second-order valence-electron chi connectivity index (χ2n) is 3.56. The molecule has 1 fully saturated rings. The average Bonchev–Trinajstić information content (AvgIpc) is 2.80. The van der Waals surface area contributed by atoms with Crippen molar-refractivity contribution < 1.29 is 15.0 Å². The van der Waals surface area contributed by atoms with Gasteiger partial charge in [-0.3, -0.25) is 4.79 Å². The second-order valence-corrected chi connectivity index (χ2v) is 3.56. The maximum atomic E-state index is 10.7. The van der Waals surface area contributed by atoms with Gasteiger partial charge < -0.3 is 10.2 Å². The number of hydrogen-bond acceptors (Lipinski definition) is 2. The van der Waals surface area contributed by atoms with Crippen LogP contribution in [0, 0.1) is 11.8 Å². The van der Waals surface area contributed by atoms with E-state index in [2.05, 4.69) is 0 Å². The van der Waals surface area contributed by atoms with E-state index in [-0.39, 0.29) is 5.92 Å². The summed E-state index contributed by atoms with van der Waals surface area (Å²) in [6, 6.07) is 0. The first kappa shape index (κ1) is 9.52. The molecule has 0 amide bonds. The molecule has 3 nitrogen and oxygen atoms in total. The Hall–Kier alpha value is -0.570. The minimum absolute atomic E-state index is 0.262. The molecular formula is C9H16O3. The molecule has 0 aromatic rings. The van der Waals surface area contributed by atoms with Gasteiger partial charge in [0.2, 0.25) is 0 Å². The maximum absolute atomic E-state index is 10.7. The van der Waals surface area contributed by atoms with Gasteiger partial charge in [0.25, 0.3) is 0 Å². The van der Waals surface area contributed by atoms with Gasteiger partial charge in [-0.25, -0.2) is 0 Å². The minimum Gasteiger partial charge on any atom is -0.481 e. The SMILES string of the molecule is CCCC(C(=O)O)C(O)C1CC1. The number of aliphatic hydroxyl groups is 1. The van der Waals surface area contributed by atoms with Crippen LogP contribution in [0.4, 0.5) is 0 Å². The van der Waals surface area contributed by atoms with Crippen molar-refractivity contribution in [3.63, 3.8) is 0 Å². The van der Waals surface area contributed by atoms with Crippen molar-refractivity contribution in [1.29, 1.82) is 0 Å². The van der Waals surface area contributed by atoms with E-state index in [0.29, 0.717) is 6.42 Å². The molecule has 1 aliphatic carbocycles. The Bertz CT molecular complexity index is 163. The predicted molar refractivity (Wildman–Crippen MR) is 44.8 cm³/mol. The highest BCUT2D eigenvalue weighted by atomic mass is 16.4. The lowest BCUT2D eigenvalue weighted by atomic mass is 9.94. The fourth-order valence-electron chi connectivity index (χ4n) is 1.52. The van der Waals surface area contributed by atoms with Crippen LogP contribution in [0.25, 0.3) is 0 Å². The summed E-state index contributed by atoms with van der Waals surface area (Å²) in [6.45, 7) is 1.94. The van der Waals surface area contributed by atoms with Crippen molar-refractivity contribution in [3.8, 4) is 0 Å². The molecule has 1 aliphatic rings. The normalized spacial score (nSPS) is 21.8. The van der Waals surface area contributed by atoms with E-state index < -0.39 is 18.0 Å². The lowest BCUT2D eigenvalue weighted by molar-refractivity contribution is -0.146. The van der Waals surface area contributed by atoms with Gasteiger partial charge in [-0.1, -0.05) is 13.3 Å². The zero-order valence-corrected chi connectivity index (χ0v) is 7.36. The number of aliphatic hydroxyl groups excluding tert-OH is 1. The van der Waals surface area contributed by atoms with Crippen LogP contribution in [0.15, 0.2) is 0 Å². The molecule has 1 rings (SSSR count). The topological polar surface area (TPSA) is 57.5 Å². The number of carboxylic acid groups (broad SMARTS) is 1. The Balaban J connectivity index is 2.44. The first-order valence-electron chi connectivity index (χ1n) is 4.57. The zero-order valence-electron chi connectivity index (χ0n) is 7.36. The summed E-state index contributed by atoms with van der Waals surface area (Å²) in [5.41, 5.74) is 0. The summed E-state index contributed by atoms with van der Waals surface area (Å²) in [4.78, 5) is 10.7. The van der Waals surface area contributed by atoms with Crippen LogP contribution in [0.1, 0.15) is 32.6 Å². The van der Waals surface area contributed by atoms with Crippen molar-refractivity contribution >= 4 is 5.97 Å². The van der Waals surface area contributed by atoms with Crippen LogP contribution in [-0.4, -0.2) is 22.3 Å². The monoisotopic (exact) mass is 172 g/mol. The van der Waals surface area contributed by atoms with E-state index in [4.69, 9.17) is 5.11 Å². The summed E-state index contributed by atoms with van der Waals surface area (Å²) in [7, 11) is 0. The summed E-state index contributed by atoms with van der Waals surface area (Å²) < 4.78 is 0. The first-order valence-corrected chi connectivity index (χ1v) is 4.57. The highest BCUT2D eigenvalue weighted by Crippen LogP contribution is 2.36. The Morgan fingerprint density at radius 1 is 1.58 bits per heavy atom. The molecule has 2 N–H and O–H groups in total. The molecular weight excluding hydrogens is 156 g/mol. The van der Waals surface area contributed by atoms with Crippen LogP contribution in [0.5, 0.6) is 0 Å². The molecule has 70 valence electrons. The predicted octanol–water partition coefficient (Wildman–Crippen LogP) is 1.26. The van der Waals surface area contributed by atoms with Crippen molar-refractivity contribution in [1.82, 2.24) is 0 Å². The third kappa shape index (κ3) is 2.21. The molecule has 0 saturated heterocycles. The van der Waals surface area contributed by atoms with E-state index in [1.54, 1.807) is 0 Å². The van der Waals surface area contributed by atoms with Crippen LogP contribution in [0.2, 0.25) is 0 Å². The number of carboxylic acids is 1. The Kier molecular flexibility index (Phi) is 3.09. The highest BCUT2D eigenvalue weighted by molar-refractivity contribution is 5.70. The number of hydrogen-bond donors (Lipinski definition) is 2. The van der Waals surface area contributed by atoms with Crippen LogP contribution in [-0.2, 0) is 4.79 Å². The molecule has 1 saturated carbocycles. The Labute approximate surface area is 72.4 Å². The number of rotatable bonds is 5. The third-order valence-corrected chi connectivity index (χ3v) is 2.43. The molecule has 2 atom stereocenters. The van der Waals surface area contributed by atoms with E-state index in [1.807, 2.05) is 6.92 Å². The van der Waals surface area contributed by atoms with Gasteiger partial charge in [-0.15, -0.1) is 0 Å². The molecule has 0 bridgehead atoms. The highest BCUT2D eigenvalue weighted by Gasteiger charge is 2.37. The Morgan fingerprint density at radius 3 is 2.50 bits per heavy atom. The molecule has 3 heteroatoms. The molecule has 0 aromatic heterocycles. The largest absolute Gasteiger partial charge is 0.481 e. The summed E-state index contributed by atoms with van der Waals surface area (Å²) in [5, 5.41) is 18.4. The van der Waals surface area contributed by atoms with E-state index in [9.17, 15) is 9.90 Å². The van der Waals surface area contributed by atoms with Gasteiger partial charge in [0.05, 0.1) is 12.0 Å². The van der Waals surface area contributed by atoms with Gasteiger partial charge in [-0.2, -0.15) is 0 Å². The smallest absolute Gasteiger partial charge is 0.309 e. The molecule has 0 aliphatic heterocycles. The molecule has 0 radical (unpaired) electrons. The molecule has 2 unspecified atom stereocenters. The molecule has 12 heavy (non-hydrogen) atoms. The van der Waals surface area contributed by atoms with E-state index in [0.717, 1.165) is 19.3 Å². The van der Waals surface area contributed by atoms with Crippen molar-refractivity contribution in [2.75, 3.05) is 0 Å². The number of carbonyl (C=O) groups is 1. The summed E-state index contributed by atoms with van der Waals surface area (Å²) in [5.74, 6) is -1.13. The standard InChI is InChI=1S/C9H16O3/c1-2-3-7(9(11)12)8(10)6-4-5-6/h6-8,10H,2-5H2,1H3,(H,11,12). The number of aliphatic carboxylic acids is 1. The van der Waals surface area contributed by atoms with Crippen molar-refractivity contribution in [3.05, 3.63) is 0 Å². The lowest BCUT2D eigenvalue weighted by Gasteiger charge is -2.17. The van der Waals surface area contributed by atoms with Gasteiger partial charge in [0.1, 0.15) is 0 Å². The quantitative estimate of drug-likeness (QED) is 0.656. The summed E-state index contributed by atoms with van der Waals surface area (Å²) >= 11 is 0. The van der Waals surface area contributed by atoms with Crippen LogP contribution < -0.4 is 0 Å². The fraction of sp³-hybridized carbons (Fsp3) is 0.889. The van der Waals surface area contributed by atoms with E-state index >= 15 is 0 Å². The fourth-order valence-corrected chi connectivity index (χ4v) is 1.52. The van der Waals surface area contributed by atoms with Gasteiger partial charge in [0, 0.05) is 0 Å². The average molecular weight is 172 g/mol. The second kappa shape index (κ2) is 3.90.